The third-order valence-corrected chi connectivity index (χ3v) is 3.15. The lowest BCUT2D eigenvalue weighted by Crippen LogP contribution is -2.22. The summed E-state index contributed by atoms with van der Waals surface area (Å²) in [6, 6.07) is 0. The minimum atomic E-state index is -1.04. The van der Waals surface area contributed by atoms with Crippen molar-refractivity contribution in [2.45, 2.75) is 6.42 Å². The Labute approximate surface area is 95.3 Å². The summed E-state index contributed by atoms with van der Waals surface area (Å²) in [6.07, 6.45) is 1.93. The van der Waals surface area contributed by atoms with E-state index in [2.05, 4.69) is 10.3 Å². The fourth-order valence-corrected chi connectivity index (χ4v) is 2.04. The van der Waals surface area contributed by atoms with Gasteiger partial charge in [0.2, 0.25) is 5.91 Å². The van der Waals surface area contributed by atoms with E-state index in [1.54, 1.807) is 0 Å². The lowest BCUT2D eigenvalue weighted by atomic mass is 10.1. The average molecular weight is 242 g/mol. The molecule has 6 nitrogen and oxygen atoms in total. The summed E-state index contributed by atoms with van der Waals surface area (Å²) in [7, 11) is 0. The number of hydrogen-bond acceptors (Lipinski definition) is 5. The van der Waals surface area contributed by atoms with Crippen LogP contribution in [0.3, 0.4) is 0 Å². The van der Waals surface area contributed by atoms with Crippen molar-refractivity contribution in [3.05, 3.63) is 11.1 Å². The number of carboxylic acids is 1. The molecule has 1 unspecified atom stereocenters. The molecule has 1 aromatic heterocycles. The van der Waals surface area contributed by atoms with Gasteiger partial charge in [0.25, 0.3) is 0 Å². The average Bonchev–Trinajstić information content (AvgIpc) is 2.87. The van der Waals surface area contributed by atoms with E-state index in [1.807, 2.05) is 0 Å². The van der Waals surface area contributed by atoms with Crippen LogP contribution in [0.25, 0.3) is 0 Å². The Bertz CT molecular complexity index is 411. The van der Waals surface area contributed by atoms with E-state index in [-0.39, 0.29) is 16.7 Å². The van der Waals surface area contributed by atoms with Crippen LogP contribution in [-0.4, -0.2) is 35.2 Å². The number of hydrogen-bond donors (Lipinski definition) is 2. The van der Waals surface area contributed by atoms with Crippen LogP contribution in [0.2, 0.25) is 0 Å². The number of aromatic nitrogens is 1. The predicted molar refractivity (Wildman–Crippen MR) is 56.6 cm³/mol. The molecule has 1 aliphatic heterocycles. The lowest BCUT2D eigenvalue weighted by molar-refractivity contribution is -0.119. The molecule has 2 rings (SSSR count). The van der Waals surface area contributed by atoms with Crippen molar-refractivity contribution in [2.75, 3.05) is 18.5 Å². The first-order valence-corrected chi connectivity index (χ1v) is 5.56. The first-order valence-electron chi connectivity index (χ1n) is 4.74. The second-order valence-electron chi connectivity index (χ2n) is 3.38. The smallest absolute Gasteiger partial charge is 0.347 e. The molecule has 2 N–H and O–H groups in total. The number of amides is 1. The standard InChI is InChI=1S/C9H10N2O4S/c12-7(5-1-2-15-4-5)11-9-10-3-6(16-9)8(13)14/h3,5H,1-2,4H2,(H,13,14)(H,10,11,12). The van der Waals surface area contributed by atoms with Crippen LogP contribution in [0, 0.1) is 5.92 Å². The van der Waals surface area contributed by atoms with E-state index in [9.17, 15) is 9.59 Å². The molecule has 1 atom stereocenters. The maximum absolute atomic E-state index is 11.6. The van der Waals surface area contributed by atoms with E-state index < -0.39 is 5.97 Å². The monoisotopic (exact) mass is 242 g/mol. The van der Waals surface area contributed by atoms with E-state index in [0.29, 0.717) is 24.8 Å². The highest BCUT2D eigenvalue weighted by Crippen LogP contribution is 2.20. The van der Waals surface area contributed by atoms with Crippen molar-refractivity contribution in [3.63, 3.8) is 0 Å². The number of anilines is 1. The molecule has 1 amide bonds. The fraction of sp³-hybridized carbons (Fsp3) is 0.444. The zero-order valence-corrected chi connectivity index (χ0v) is 9.12. The van der Waals surface area contributed by atoms with Gasteiger partial charge in [-0.1, -0.05) is 11.3 Å². The number of ether oxygens (including phenoxy) is 1. The first-order chi connectivity index (χ1) is 7.66. The minimum absolute atomic E-state index is 0.109. The van der Waals surface area contributed by atoms with Crippen LogP contribution in [-0.2, 0) is 9.53 Å². The maximum Gasteiger partial charge on any atom is 0.347 e. The van der Waals surface area contributed by atoms with Gasteiger partial charge < -0.3 is 15.2 Å². The Hall–Kier alpha value is -1.47. The molecule has 1 aromatic rings. The molecular formula is C9H10N2O4S. The fourth-order valence-electron chi connectivity index (χ4n) is 1.38. The van der Waals surface area contributed by atoms with Crippen LogP contribution in [0.4, 0.5) is 5.13 Å². The van der Waals surface area contributed by atoms with Gasteiger partial charge in [0, 0.05) is 6.61 Å². The third kappa shape index (κ3) is 2.37. The summed E-state index contributed by atoms with van der Waals surface area (Å²) in [6.45, 7) is 1.01. The minimum Gasteiger partial charge on any atom is -0.477 e. The number of nitrogens with zero attached hydrogens (tertiary/aromatic N) is 1. The molecule has 86 valence electrons. The quantitative estimate of drug-likeness (QED) is 0.819. The number of nitrogens with one attached hydrogen (secondary N) is 1. The van der Waals surface area contributed by atoms with E-state index in [1.165, 1.54) is 6.20 Å². The molecule has 0 bridgehead atoms. The molecular weight excluding hydrogens is 232 g/mol. The molecule has 1 saturated heterocycles. The topological polar surface area (TPSA) is 88.5 Å². The van der Waals surface area contributed by atoms with Crippen LogP contribution in [0.15, 0.2) is 6.20 Å². The Morgan fingerprint density at radius 2 is 2.44 bits per heavy atom. The van der Waals surface area contributed by atoms with E-state index in [4.69, 9.17) is 9.84 Å². The zero-order chi connectivity index (χ0) is 11.5. The van der Waals surface area contributed by atoms with Crippen LogP contribution >= 0.6 is 11.3 Å². The van der Waals surface area contributed by atoms with Gasteiger partial charge >= 0.3 is 5.97 Å². The third-order valence-electron chi connectivity index (χ3n) is 2.25. The Balaban J connectivity index is 1.97. The van der Waals surface area contributed by atoms with Gasteiger partial charge in [-0.05, 0) is 6.42 Å². The van der Waals surface area contributed by atoms with Crippen molar-refractivity contribution in [3.8, 4) is 0 Å². The van der Waals surface area contributed by atoms with E-state index >= 15 is 0 Å². The summed E-state index contributed by atoms with van der Waals surface area (Å²) >= 11 is 0.945. The zero-order valence-electron chi connectivity index (χ0n) is 8.30. The van der Waals surface area contributed by atoms with E-state index in [0.717, 1.165) is 11.3 Å². The van der Waals surface area contributed by atoms with Crippen molar-refractivity contribution < 1.29 is 19.4 Å². The number of carbonyl (C=O) groups is 2. The number of thiazole rings is 1. The number of carboxylic acid groups (broad SMARTS) is 1. The molecule has 0 aliphatic carbocycles. The summed E-state index contributed by atoms with van der Waals surface area (Å²) in [5.74, 6) is -1.36. The lowest BCUT2D eigenvalue weighted by Gasteiger charge is -2.05. The molecule has 0 radical (unpaired) electrons. The van der Waals surface area contributed by atoms with Crippen molar-refractivity contribution in [1.29, 1.82) is 0 Å². The molecule has 1 aliphatic rings. The Morgan fingerprint density at radius 3 is 3.00 bits per heavy atom. The first kappa shape index (κ1) is 11.0. The maximum atomic E-state index is 11.6. The SMILES string of the molecule is O=C(O)c1cnc(NC(=O)C2CCOC2)s1. The molecule has 7 heteroatoms. The van der Waals surface area contributed by atoms with Gasteiger partial charge in [0.1, 0.15) is 4.88 Å². The molecule has 0 aromatic carbocycles. The largest absolute Gasteiger partial charge is 0.477 e. The summed E-state index contributed by atoms with van der Waals surface area (Å²) in [5, 5.41) is 11.6. The van der Waals surface area contributed by atoms with Crippen molar-refractivity contribution >= 4 is 28.3 Å². The molecule has 0 saturated carbocycles. The van der Waals surface area contributed by atoms with Crippen molar-refractivity contribution in [2.24, 2.45) is 5.92 Å². The highest BCUT2D eigenvalue weighted by molar-refractivity contribution is 7.17. The van der Waals surface area contributed by atoms with Gasteiger partial charge in [-0.3, -0.25) is 4.79 Å². The van der Waals surface area contributed by atoms with Gasteiger partial charge in [-0.15, -0.1) is 0 Å². The van der Waals surface area contributed by atoms with Crippen LogP contribution < -0.4 is 5.32 Å². The number of rotatable bonds is 3. The molecule has 2 heterocycles. The highest BCUT2D eigenvalue weighted by atomic mass is 32.1. The van der Waals surface area contributed by atoms with Gasteiger partial charge in [0.15, 0.2) is 5.13 Å². The van der Waals surface area contributed by atoms with Gasteiger partial charge in [0.05, 0.1) is 18.7 Å². The highest BCUT2D eigenvalue weighted by Gasteiger charge is 2.24. The number of aromatic carboxylic acids is 1. The molecule has 1 fully saturated rings. The van der Waals surface area contributed by atoms with Crippen molar-refractivity contribution in [1.82, 2.24) is 4.98 Å². The summed E-state index contributed by atoms with van der Waals surface area (Å²) < 4.78 is 5.09. The normalized spacial score (nSPS) is 19.6. The second-order valence-corrected chi connectivity index (χ2v) is 4.42. The van der Waals surface area contributed by atoms with Gasteiger partial charge in [-0.25, -0.2) is 9.78 Å². The summed E-state index contributed by atoms with van der Waals surface area (Å²) in [4.78, 5) is 26.1. The predicted octanol–water partition coefficient (Wildman–Crippen LogP) is 0.816. The van der Waals surface area contributed by atoms with Crippen LogP contribution in [0.1, 0.15) is 16.1 Å². The summed E-state index contributed by atoms with van der Waals surface area (Å²) in [5.41, 5.74) is 0. The molecule has 16 heavy (non-hydrogen) atoms. The second kappa shape index (κ2) is 4.58. The Morgan fingerprint density at radius 1 is 1.62 bits per heavy atom. The number of carbonyl (C=O) groups excluding carboxylic acids is 1. The molecule has 0 spiro atoms. The van der Waals surface area contributed by atoms with Crippen LogP contribution in [0.5, 0.6) is 0 Å². The van der Waals surface area contributed by atoms with Gasteiger partial charge in [-0.2, -0.15) is 0 Å². The Kier molecular flexibility index (Phi) is 3.16.